The number of ether oxygens (including phenoxy) is 2. The van der Waals surface area contributed by atoms with Crippen LogP contribution in [0.2, 0.25) is 0 Å². The lowest BCUT2D eigenvalue weighted by molar-refractivity contribution is 0.171. The molecule has 0 radical (unpaired) electrons. The number of nitrogens with zero attached hydrogens (tertiary/aromatic N) is 3. The zero-order valence-electron chi connectivity index (χ0n) is 10.5. The van der Waals surface area contributed by atoms with Gasteiger partial charge in [-0.25, -0.2) is 15.0 Å². The number of anilines is 1. The van der Waals surface area contributed by atoms with Crippen LogP contribution < -0.4 is 15.2 Å². The lowest BCUT2D eigenvalue weighted by Crippen LogP contribution is -2.15. The van der Waals surface area contributed by atoms with Crippen molar-refractivity contribution in [2.75, 3.05) is 18.9 Å². The van der Waals surface area contributed by atoms with Gasteiger partial charge < -0.3 is 20.2 Å². The lowest BCUT2D eigenvalue weighted by atomic mass is 10.2. The Labute approximate surface area is 113 Å². The molecule has 0 bridgehead atoms. The molecule has 0 unspecified atom stereocenters. The van der Waals surface area contributed by atoms with E-state index < -0.39 is 0 Å². The number of imidazole rings is 1. The first kappa shape index (κ1) is 11.0. The van der Waals surface area contributed by atoms with Gasteiger partial charge in [0.2, 0.25) is 0 Å². The van der Waals surface area contributed by atoms with Gasteiger partial charge in [-0.05, 0) is 18.2 Å². The van der Waals surface area contributed by atoms with E-state index in [1.807, 2.05) is 18.2 Å². The number of fused-ring (bicyclic) bond motifs is 2. The van der Waals surface area contributed by atoms with Gasteiger partial charge in [-0.3, -0.25) is 0 Å². The van der Waals surface area contributed by atoms with E-state index in [-0.39, 0.29) is 0 Å². The van der Waals surface area contributed by atoms with Crippen LogP contribution in [0.25, 0.3) is 22.6 Å². The Bertz CT molecular complexity index is 799. The monoisotopic (exact) mass is 269 g/mol. The fourth-order valence-electron chi connectivity index (χ4n) is 2.17. The number of nitrogens with two attached hydrogens (primary N) is 1. The fourth-order valence-corrected chi connectivity index (χ4v) is 2.17. The van der Waals surface area contributed by atoms with E-state index in [4.69, 9.17) is 15.2 Å². The summed E-state index contributed by atoms with van der Waals surface area (Å²) in [5.41, 5.74) is 7.85. The quantitative estimate of drug-likeness (QED) is 0.692. The number of nitrogen functional groups attached to an aromatic ring is 1. The van der Waals surface area contributed by atoms with Gasteiger partial charge in [0.05, 0.1) is 0 Å². The van der Waals surface area contributed by atoms with Crippen LogP contribution in [0, 0.1) is 0 Å². The van der Waals surface area contributed by atoms with Crippen LogP contribution >= 0.6 is 0 Å². The molecule has 0 spiro atoms. The third-order valence-electron chi connectivity index (χ3n) is 3.13. The van der Waals surface area contributed by atoms with Crippen molar-refractivity contribution in [1.82, 2.24) is 19.9 Å². The zero-order valence-corrected chi connectivity index (χ0v) is 10.5. The number of aromatic amines is 1. The summed E-state index contributed by atoms with van der Waals surface area (Å²) in [5.74, 6) is 2.51. The summed E-state index contributed by atoms with van der Waals surface area (Å²) in [6.45, 7) is 1.12. The molecule has 1 aromatic carbocycles. The number of aromatic nitrogens is 4. The van der Waals surface area contributed by atoms with Crippen molar-refractivity contribution in [3.8, 4) is 22.9 Å². The second-order valence-electron chi connectivity index (χ2n) is 4.40. The molecule has 0 amide bonds. The van der Waals surface area contributed by atoms with Crippen molar-refractivity contribution in [3.05, 3.63) is 24.5 Å². The largest absolute Gasteiger partial charge is 0.486 e. The SMILES string of the molecule is Nc1ncnc2nc(-c3ccc4c(c3)OCCO4)[nH]c12. The van der Waals surface area contributed by atoms with Crippen molar-refractivity contribution in [1.29, 1.82) is 0 Å². The maximum absolute atomic E-state index is 5.79. The third-order valence-corrected chi connectivity index (χ3v) is 3.13. The molecule has 0 saturated heterocycles. The Kier molecular flexibility index (Phi) is 2.26. The standard InChI is InChI=1S/C13H11N5O2/c14-11-10-13(16-6-15-11)18-12(17-10)7-1-2-8-9(5-7)20-4-3-19-8/h1-2,5-6H,3-4H2,(H3,14,15,16,17,18). The van der Waals surface area contributed by atoms with Crippen molar-refractivity contribution in [2.45, 2.75) is 0 Å². The van der Waals surface area contributed by atoms with E-state index in [0.29, 0.717) is 41.8 Å². The zero-order chi connectivity index (χ0) is 13.5. The molecule has 3 N–H and O–H groups in total. The maximum atomic E-state index is 5.79. The van der Waals surface area contributed by atoms with Crippen molar-refractivity contribution < 1.29 is 9.47 Å². The molecule has 3 aromatic rings. The summed E-state index contributed by atoms with van der Waals surface area (Å²) in [6.07, 6.45) is 1.39. The minimum atomic E-state index is 0.381. The van der Waals surface area contributed by atoms with Gasteiger partial charge in [-0.2, -0.15) is 0 Å². The molecule has 3 heterocycles. The number of hydrogen-bond donors (Lipinski definition) is 2. The molecular formula is C13H11N5O2. The highest BCUT2D eigenvalue weighted by Gasteiger charge is 2.15. The van der Waals surface area contributed by atoms with Gasteiger partial charge in [0.25, 0.3) is 0 Å². The van der Waals surface area contributed by atoms with E-state index in [2.05, 4.69) is 19.9 Å². The Morgan fingerprint density at radius 3 is 2.80 bits per heavy atom. The van der Waals surface area contributed by atoms with E-state index in [0.717, 1.165) is 11.3 Å². The summed E-state index contributed by atoms with van der Waals surface area (Å²) >= 11 is 0. The molecular weight excluding hydrogens is 258 g/mol. The molecule has 0 atom stereocenters. The third kappa shape index (κ3) is 1.63. The minimum Gasteiger partial charge on any atom is -0.486 e. The Hall–Kier alpha value is -2.83. The molecule has 4 rings (SSSR count). The number of H-pyrrole nitrogens is 1. The van der Waals surface area contributed by atoms with Gasteiger partial charge in [0, 0.05) is 5.56 Å². The molecule has 2 aromatic heterocycles. The molecule has 0 saturated carbocycles. The predicted octanol–water partition coefficient (Wildman–Crippen LogP) is 1.37. The van der Waals surface area contributed by atoms with Crippen molar-refractivity contribution in [3.63, 3.8) is 0 Å². The van der Waals surface area contributed by atoms with Gasteiger partial charge in [0.15, 0.2) is 23.0 Å². The summed E-state index contributed by atoms with van der Waals surface area (Å²) in [4.78, 5) is 15.6. The Balaban J connectivity index is 1.84. The average Bonchev–Trinajstić information content (AvgIpc) is 2.92. The molecule has 0 fully saturated rings. The Morgan fingerprint density at radius 1 is 1.10 bits per heavy atom. The van der Waals surface area contributed by atoms with Crippen LogP contribution in [-0.4, -0.2) is 33.1 Å². The van der Waals surface area contributed by atoms with Crippen LogP contribution in [0.4, 0.5) is 5.82 Å². The first-order valence-corrected chi connectivity index (χ1v) is 6.17. The molecule has 1 aliphatic rings. The number of benzene rings is 1. The van der Waals surface area contributed by atoms with Crippen LogP contribution in [0.15, 0.2) is 24.5 Å². The van der Waals surface area contributed by atoms with Crippen LogP contribution in [0.1, 0.15) is 0 Å². The maximum Gasteiger partial charge on any atom is 0.183 e. The predicted molar refractivity (Wildman–Crippen MR) is 72.5 cm³/mol. The van der Waals surface area contributed by atoms with Crippen LogP contribution in [0.5, 0.6) is 11.5 Å². The van der Waals surface area contributed by atoms with E-state index in [1.54, 1.807) is 0 Å². The molecule has 7 heteroatoms. The van der Waals surface area contributed by atoms with Gasteiger partial charge >= 0.3 is 0 Å². The Morgan fingerprint density at radius 2 is 1.95 bits per heavy atom. The number of rotatable bonds is 1. The first-order chi connectivity index (χ1) is 9.81. The highest BCUT2D eigenvalue weighted by Crippen LogP contribution is 2.34. The molecule has 100 valence electrons. The van der Waals surface area contributed by atoms with Crippen molar-refractivity contribution >= 4 is 17.0 Å². The van der Waals surface area contributed by atoms with E-state index >= 15 is 0 Å². The average molecular weight is 269 g/mol. The summed E-state index contributed by atoms with van der Waals surface area (Å²) in [7, 11) is 0. The molecule has 7 nitrogen and oxygen atoms in total. The summed E-state index contributed by atoms with van der Waals surface area (Å²) < 4.78 is 11.1. The number of nitrogens with one attached hydrogen (secondary N) is 1. The fraction of sp³-hybridized carbons (Fsp3) is 0.154. The number of hydrogen-bond acceptors (Lipinski definition) is 6. The summed E-state index contributed by atoms with van der Waals surface area (Å²) in [5, 5.41) is 0. The van der Waals surface area contributed by atoms with Gasteiger partial charge in [-0.15, -0.1) is 0 Å². The second kappa shape index (κ2) is 4.09. The lowest BCUT2D eigenvalue weighted by Gasteiger charge is -2.18. The van der Waals surface area contributed by atoms with E-state index in [9.17, 15) is 0 Å². The minimum absolute atomic E-state index is 0.381. The normalized spacial score (nSPS) is 13.6. The van der Waals surface area contributed by atoms with Gasteiger partial charge in [0.1, 0.15) is 30.9 Å². The van der Waals surface area contributed by atoms with Crippen LogP contribution in [-0.2, 0) is 0 Å². The molecule has 20 heavy (non-hydrogen) atoms. The second-order valence-corrected chi connectivity index (χ2v) is 4.40. The highest BCUT2D eigenvalue weighted by molar-refractivity contribution is 5.84. The topological polar surface area (TPSA) is 98.9 Å². The smallest absolute Gasteiger partial charge is 0.183 e. The first-order valence-electron chi connectivity index (χ1n) is 6.17. The summed E-state index contributed by atoms with van der Waals surface area (Å²) in [6, 6.07) is 5.66. The van der Waals surface area contributed by atoms with E-state index in [1.165, 1.54) is 6.33 Å². The molecule has 0 aliphatic carbocycles. The highest BCUT2D eigenvalue weighted by atomic mass is 16.6. The molecule has 1 aliphatic heterocycles. The van der Waals surface area contributed by atoms with Crippen LogP contribution in [0.3, 0.4) is 0 Å². The van der Waals surface area contributed by atoms with Gasteiger partial charge in [-0.1, -0.05) is 0 Å². The van der Waals surface area contributed by atoms with Crippen molar-refractivity contribution in [2.24, 2.45) is 0 Å².